The van der Waals surface area contributed by atoms with Crippen molar-refractivity contribution in [2.45, 2.75) is 103 Å². The van der Waals surface area contributed by atoms with Crippen molar-refractivity contribution in [3.8, 4) is 0 Å². The maximum Gasteiger partial charge on any atom is 0.305 e. The summed E-state index contributed by atoms with van der Waals surface area (Å²) >= 11 is 6.08. The fourth-order valence-electron chi connectivity index (χ4n) is 6.35. The lowest BCUT2D eigenvalue weighted by molar-refractivity contribution is -0.143. The topological polar surface area (TPSA) is 69.7 Å². The van der Waals surface area contributed by atoms with Gasteiger partial charge in [-0.25, -0.2) is 0 Å². The van der Waals surface area contributed by atoms with Crippen LogP contribution in [0.4, 0.5) is 0 Å². The highest BCUT2D eigenvalue weighted by atomic mass is 35.5. The van der Waals surface area contributed by atoms with Crippen LogP contribution in [-0.4, -0.2) is 30.7 Å². The zero-order chi connectivity index (χ0) is 29.7. The van der Waals surface area contributed by atoms with Crippen molar-refractivity contribution in [2.75, 3.05) is 13.2 Å². The van der Waals surface area contributed by atoms with E-state index in [1.54, 1.807) is 12.1 Å². The van der Waals surface area contributed by atoms with Gasteiger partial charge in [0.15, 0.2) is 11.5 Å². The van der Waals surface area contributed by atoms with Crippen molar-refractivity contribution in [3.05, 3.63) is 81.6 Å². The van der Waals surface area contributed by atoms with Gasteiger partial charge in [0, 0.05) is 28.1 Å². The minimum absolute atomic E-state index is 0.0330. The van der Waals surface area contributed by atoms with E-state index in [1.165, 1.54) is 24.8 Å². The average Bonchev–Trinajstić information content (AvgIpc) is 3.01. The van der Waals surface area contributed by atoms with Crippen molar-refractivity contribution in [3.63, 3.8) is 0 Å². The lowest BCUT2D eigenvalue weighted by Crippen LogP contribution is -2.29. The highest BCUT2D eigenvalue weighted by molar-refractivity contribution is 6.30. The number of halogens is 1. The summed E-state index contributed by atoms with van der Waals surface area (Å²) in [5, 5.41) is 0.740. The third-order valence-electron chi connectivity index (χ3n) is 8.67. The van der Waals surface area contributed by atoms with Crippen LogP contribution < -0.4 is 0 Å². The molecule has 2 aromatic carbocycles. The van der Waals surface area contributed by atoms with E-state index >= 15 is 0 Å². The number of esters is 1. The monoisotopic (exact) mass is 592 g/mol. The Labute approximate surface area is 256 Å². The molecule has 0 atom stereocenters. The number of unbranched alkanes of at least 4 members (excludes halogenated alkanes) is 8. The van der Waals surface area contributed by atoms with E-state index < -0.39 is 0 Å². The number of carbonyl (C=O) groups excluding carboxylic acids is 3. The second-order valence-corrected chi connectivity index (χ2v) is 12.1. The quantitative estimate of drug-likeness (QED) is 0.143. The summed E-state index contributed by atoms with van der Waals surface area (Å²) < 4.78 is 11.1. The number of rotatable bonds is 16. The number of carbonyl (C=O) groups is 3. The van der Waals surface area contributed by atoms with Crippen molar-refractivity contribution in [2.24, 2.45) is 5.92 Å². The summed E-state index contributed by atoms with van der Waals surface area (Å²) in [5.41, 5.74) is 2.84. The molecule has 6 heteroatoms. The molecule has 1 fully saturated rings. The molecule has 0 saturated heterocycles. The van der Waals surface area contributed by atoms with Gasteiger partial charge >= 0.3 is 5.97 Å². The van der Waals surface area contributed by atoms with Gasteiger partial charge in [0.05, 0.1) is 13.2 Å². The maximum atomic E-state index is 13.7. The van der Waals surface area contributed by atoms with Gasteiger partial charge in [-0.15, -0.1) is 0 Å². The number of allylic oxidation sites excluding steroid dienone is 2. The number of ether oxygens (including phenoxy) is 2. The predicted molar refractivity (Wildman–Crippen MR) is 167 cm³/mol. The maximum absolute atomic E-state index is 13.7. The minimum Gasteiger partial charge on any atom is -0.489 e. The summed E-state index contributed by atoms with van der Waals surface area (Å²) in [6.07, 6.45) is 13.9. The molecule has 226 valence electrons. The number of ketones is 2. The van der Waals surface area contributed by atoms with Crippen molar-refractivity contribution in [1.29, 1.82) is 0 Å². The molecule has 2 aliphatic rings. The number of hydrogen-bond donors (Lipinski definition) is 0. The first kappa shape index (κ1) is 32.0. The Morgan fingerprint density at radius 1 is 0.738 bits per heavy atom. The van der Waals surface area contributed by atoms with Crippen LogP contribution in [0.25, 0.3) is 0 Å². The molecule has 2 aromatic rings. The zero-order valence-corrected chi connectivity index (χ0v) is 25.8. The molecule has 2 aliphatic carbocycles. The van der Waals surface area contributed by atoms with Crippen molar-refractivity contribution in [1.82, 2.24) is 0 Å². The Balaban J connectivity index is 1.25. The normalized spacial score (nSPS) is 18.6. The third-order valence-corrected chi connectivity index (χ3v) is 8.92. The Morgan fingerprint density at radius 2 is 1.29 bits per heavy atom. The van der Waals surface area contributed by atoms with Gasteiger partial charge < -0.3 is 9.47 Å². The molecule has 0 aromatic heterocycles. The van der Waals surface area contributed by atoms with E-state index in [-0.39, 0.29) is 29.2 Å². The number of Topliss-reactive ketones (excluding diaryl/α,β-unsaturated/α-hetero) is 2. The molecular formula is C36H45ClO5. The van der Waals surface area contributed by atoms with E-state index in [0.717, 1.165) is 69.2 Å². The molecule has 0 bridgehead atoms. The molecule has 0 aliphatic heterocycles. The Morgan fingerprint density at radius 3 is 1.90 bits per heavy atom. The molecule has 5 nitrogen and oxygen atoms in total. The Hall–Kier alpha value is -2.92. The first-order valence-corrected chi connectivity index (χ1v) is 16.3. The van der Waals surface area contributed by atoms with E-state index in [2.05, 4.69) is 12.1 Å². The summed E-state index contributed by atoms with van der Waals surface area (Å²) in [7, 11) is 0. The van der Waals surface area contributed by atoms with Gasteiger partial charge in [0.25, 0.3) is 0 Å². The van der Waals surface area contributed by atoms with Crippen LogP contribution in [0.15, 0.2) is 59.9 Å². The van der Waals surface area contributed by atoms with E-state index in [9.17, 15) is 14.4 Å². The summed E-state index contributed by atoms with van der Waals surface area (Å²) in [4.78, 5) is 38.6. The van der Waals surface area contributed by atoms with Gasteiger partial charge in [0.2, 0.25) is 5.78 Å². The Bertz CT molecular complexity index is 1220. The molecule has 42 heavy (non-hydrogen) atoms. The molecule has 1 saturated carbocycles. The SMILES string of the molecule is CCOC(=O)CCCCCCCCCCCOC1=C([C@H]2CC[C@H](c3ccc(Cl)cc3)CC2)C(=O)c2ccccc2C1=O. The van der Waals surface area contributed by atoms with Crippen LogP contribution in [0.2, 0.25) is 5.02 Å². The number of fused-ring (bicyclic) bond motifs is 1. The lowest BCUT2D eigenvalue weighted by Gasteiger charge is -2.32. The first-order chi connectivity index (χ1) is 20.5. The van der Waals surface area contributed by atoms with Crippen LogP contribution in [0, 0.1) is 5.92 Å². The van der Waals surface area contributed by atoms with E-state index in [0.29, 0.717) is 42.3 Å². The molecule has 0 amide bonds. The Kier molecular flexibility index (Phi) is 12.7. The molecular weight excluding hydrogens is 548 g/mol. The van der Waals surface area contributed by atoms with Crippen molar-refractivity contribution >= 4 is 29.1 Å². The third kappa shape index (κ3) is 8.80. The molecule has 4 rings (SSSR count). The second kappa shape index (κ2) is 16.6. The standard InChI is InChI=1S/C36H45ClO5/c1-2-41-32(38)16-10-8-6-4-3-5-7-9-13-25-42-36-33(34(39)30-14-11-12-15-31(30)35(36)40)28-19-17-26(18-20-28)27-21-23-29(37)24-22-27/h11-12,14-15,21-24,26,28H,2-10,13,16-20,25H2,1H3/t26-,28-. The van der Waals surface area contributed by atoms with Gasteiger partial charge in [-0.2, -0.15) is 0 Å². The number of benzene rings is 2. The van der Waals surface area contributed by atoms with E-state index in [4.69, 9.17) is 21.1 Å². The molecule has 0 spiro atoms. The van der Waals surface area contributed by atoms with Crippen LogP contribution >= 0.6 is 11.6 Å². The molecule has 0 radical (unpaired) electrons. The van der Waals surface area contributed by atoms with Crippen LogP contribution in [0.3, 0.4) is 0 Å². The van der Waals surface area contributed by atoms with Crippen LogP contribution in [-0.2, 0) is 14.3 Å². The van der Waals surface area contributed by atoms with Gasteiger partial charge in [-0.05, 0) is 75.0 Å². The van der Waals surface area contributed by atoms with E-state index in [1.807, 2.05) is 31.2 Å². The molecule has 0 heterocycles. The molecule has 0 N–H and O–H groups in total. The zero-order valence-electron chi connectivity index (χ0n) is 25.0. The lowest BCUT2D eigenvalue weighted by atomic mass is 9.72. The summed E-state index contributed by atoms with van der Waals surface area (Å²) in [6, 6.07) is 15.2. The fraction of sp³-hybridized carbons (Fsp3) is 0.528. The average molecular weight is 593 g/mol. The highest BCUT2D eigenvalue weighted by Gasteiger charge is 2.38. The van der Waals surface area contributed by atoms with Gasteiger partial charge in [-0.3, -0.25) is 14.4 Å². The van der Waals surface area contributed by atoms with Crippen molar-refractivity contribution < 1.29 is 23.9 Å². The number of hydrogen-bond acceptors (Lipinski definition) is 5. The first-order valence-electron chi connectivity index (χ1n) is 16.0. The highest BCUT2D eigenvalue weighted by Crippen LogP contribution is 2.42. The van der Waals surface area contributed by atoms with Crippen LogP contribution in [0.5, 0.6) is 0 Å². The molecule has 0 unspecified atom stereocenters. The smallest absolute Gasteiger partial charge is 0.305 e. The largest absolute Gasteiger partial charge is 0.489 e. The predicted octanol–water partition coefficient (Wildman–Crippen LogP) is 9.43. The van der Waals surface area contributed by atoms with Gasteiger partial charge in [-0.1, -0.05) is 92.9 Å². The summed E-state index contributed by atoms with van der Waals surface area (Å²) in [6.45, 7) is 2.75. The summed E-state index contributed by atoms with van der Waals surface area (Å²) in [5.74, 6) is 0.477. The second-order valence-electron chi connectivity index (χ2n) is 11.6. The minimum atomic E-state index is -0.150. The van der Waals surface area contributed by atoms with Crippen LogP contribution in [0.1, 0.15) is 129 Å². The van der Waals surface area contributed by atoms with Gasteiger partial charge in [0.1, 0.15) is 0 Å². The fourth-order valence-corrected chi connectivity index (χ4v) is 6.48.